The van der Waals surface area contributed by atoms with Gasteiger partial charge in [-0.15, -0.1) is 12.3 Å². The molecular weight excluding hydrogens is 176 g/mol. The number of carbonyl (C=O) groups is 1. The smallest absolute Gasteiger partial charge is 0.220 e. The van der Waals surface area contributed by atoms with Gasteiger partial charge in [-0.25, -0.2) is 0 Å². The Hall–Kier alpha value is -1.01. The number of hydrogen-bond acceptors (Lipinski definition) is 2. The first-order valence-electron chi connectivity index (χ1n) is 5.10. The molecule has 14 heavy (non-hydrogen) atoms. The van der Waals surface area contributed by atoms with Crippen LogP contribution in [-0.2, 0) is 4.79 Å². The highest BCUT2D eigenvalue weighted by Crippen LogP contribution is 1.88. The zero-order valence-electron chi connectivity index (χ0n) is 9.10. The number of amides is 1. The number of hydrogen-bond donors (Lipinski definition) is 2. The number of rotatable bonds is 7. The van der Waals surface area contributed by atoms with Crippen LogP contribution in [0.3, 0.4) is 0 Å². The van der Waals surface area contributed by atoms with Gasteiger partial charge in [0.25, 0.3) is 0 Å². The highest BCUT2D eigenvalue weighted by molar-refractivity contribution is 5.75. The molecule has 0 aromatic heterocycles. The molecule has 0 aromatic carbocycles. The number of nitrogens with one attached hydrogen (secondary N) is 2. The van der Waals surface area contributed by atoms with Gasteiger partial charge >= 0.3 is 0 Å². The first-order chi connectivity index (χ1) is 6.66. The quantitative estimate of drug-likeness (QED) is 0.469. The van der Waals surface area contributed by atoms with E-state index in [4.69, 9.17) is 6.42 Å². The van der Waals surface area contributed by atoms with Crippen molar-refractivity contribution >= 4 is 5.91 Å². The summed E-state index contributed by atoms with van der Waals surface area (Å²) in [7, 11) is 0. The van der Waals surface area contributed by atoms with Gasteiger partial charge in [0.15, 0.2) is 0 Å². The molecule has 0 rings (SSSR count). The molecule has 3 heteroatoms. The molecule has 0 saturated heterocycles. The predicted octanol–water partition coefficient (Wildman–Crippen LogP) is 0.904. The molecule has 0 saturated carbocycles. The molecule has 0 atom stereocenters. The van der Waals surface area contributed by atoms with Gasteiger partial charge in [0.1, 0.15) is 0 Å². The first-order valence-corrected chi connectivity index (χ1v) is 5.10. The molecule has 0 heterocycles. The predicted molar refractivity (Wildman–Crippen MR) is 58.8 cm³/mol. The Kier molecular flexibility index (Phi) is 7.96. The van der Waals surface area contributed by atoms with E-state index in [-0.39, 0.29) is 5.91 Å². The van der Waals surface area contributed by atoms with Crippen LogP contribution in [0, 0.1) is 12.3 Å². The van der Waals surface area contributed by atoms with Crippen LogP contribution < -0.4 is 10.6 Å². The van der Waals surface area contributed by atoms with Crippen LogP contribution in [0.25, 0.3) is 0 Å². The summed E-state index contributed by atoms with van der Waals surface area (Å²) in [5.74, 6) is 2.57. The molecule has 0 unspecified atom stereocenters. The van der Waals surface area contributed by atoms with E-state index in [1.165, 1.54) is 0 Å². The second kappa shape index (κ2) is 8.58. The third-order valence-corrected chi connectivity index (χ3v) is 1.72. The lowest BCUT2D eigenvalue weighted by Crippen LogP contribution is -2.27. The summed E-state index contributed by atoms with van der Waals surface area (Å²) in [6.07, 6.45) is 7.11. The molecule has 80 valence electrons. The van der Waals surface area contributed by atoms with E-state index in [0.29, 0.717) is 25.4 Å². The normalized spacial score (nSPS) is 9.86. The lowest BCUT2D eigenvalue weighted by molar-refractivity contribution is -0.121. The van der Waals surface area contributed by atoms with E-state index < -0.39 is 0 Å². The van der Waals surface area contributed by atoms with Crippen molar-refractivity contribution in [1.82, 2.24) is 10.6 Å². The molecule has 0 aliphatic carbocycles. The molecule has 0 radical (unpaired) electrons. The number of terminal acetylenes is 1. The summed E-state index contributed by atoms with van der Waals surface area (Å²) < 4.78 is 0. The van der Waals surface area contributed by atoms with Crippen molar-refractivity contribution in [2.45, 2.75) is 39.2 Å². The van der Waals surface area contributed by atoms with E-state index in [1.54, 1.807) is 0 Å². The van der Waals surface area contributed by atoms with E-state index in [1.807, 2.05) is 0 Å². The first kappa shape index (κ1) is 13.0. The van der Waals surface area contributed by atoms with Crippen molar-refractivity contribution in [3.8, 4) is 12.3 Å². The van der Waals surface area contributed by atoms with Gasteiger partial charge in [-0.2, -0.15) is 0 Å². The highest BCUT2D eigenvalue weighted by atomic mass is 16.1. The van der Waals surface area contributed by atoms with Crippen LogP contribution in [0.1, 0.15) is 33.1 Å². The molecule has 0 fully saturated rings. The molecular formula is C11H20N2O. The molecule has 1 amide bonds. The van der Waals surface area contributed by atoms with Gasteiger partial charge in [-0.3, -0.25) is 4.79 Å². The zero-order chi connectivity index (χ0) is 10.8. The lowest BCUT2D eigenvalue weighted by atomic mass is 10.2. The molecule has 0 spiro atoms. The summed E-state index contributed by atoms with van der Waals surface area (Å²) in [6, 6.07) is 0.486. The SMILES string of the molecule is C#CCCNC(=O)CCCNC(C)C. The van der Waals surface area contributed by atoms with Crippen molar-refractivity contribution < 1.29 is 4.79 Å². The van der Waals surface area contributed by atoms with Crippen LogP contribution in [0.2, 0.25) is 0 Å². The fraction of sp³-hybridized carbons (Fsp3) is 0.727. The Morgan fingerprint density at radius 2 is 2.14 bits per heavy atom. The molecule has 2 N–H and O–H groups in total. The van der Waals surface area contributed by atoms with Gasteiger partial charge in [0.05, 0.1) is 0 Å². The zero-order valence-corrected chi connectivity index (χ0v) is 9.10. The largest absolute Gasteiger partial charge is 0.355 e. The van der Waals surface area contributed by atoms with E-state index in [2.05, 4.69) is 30.4 Å². The van der Waals surface area contributed by atoms with E-state index >= 15 is 0 Å². The van der Waals surface area contributed by atoms with Crippen molar-refractivity contribution in [2.75, 3.05) is 13.1 Å². The van der Waals surface area contributed by atoms with Crippen LogP contribution in [0.4, 0.5) is 0 Å². The summed E-state index contributed by atoms with van der Waals surface area (Å²) >= 11 is 0. The van der Waals surface area contributed by atoms with Crippen molar-refractivity contribution in [3.63, 3.8) is 0 Å². The van der Waals surface area contributed by atoms with Gasteiger partial charge in [-0.05, 0) is 13.0 Å². The Labute approximate surface area is 86.6 Å². The second-order valence-corrected chi connectivity index (χ2v) is 3.52. The Morgan fingerprint density at radius 3 is 2.71 bits per heavy atom. The fourth-order valence-electron chi connectivity index (χ4n) is 1.00. The highest BCUT2D eigenvalue weighted by Gasteiger charge is 1.99. The third-order valence-electron chi connectivity index (χ3n) is 1.72. The summed E-state index contributed by atoms with van der Waals surface area (Å²) in [5, 5.41) is 6.02. The third kappa shape index (κ3) is 9.08. The van der Waals surface area contributed by atoms with Crippen LogP contribution in [-0.4, -0.2) is 25.0 Å². The van der Waals surface area contributed by atoms with Gasteiger partial charge in [0, 0.05) is 25.4 Å². The maximum atomic E-state index is 11.2. The average molecular weight is 196 g/mol. The van der Waals surface area contributed by atoms with E-state index in [9.17, 15) is 4.79 Å². The van der Waals surface area contributed by atoms with Gasteiger partial charge < -0.3 is 10.6 Å². The Morgan fingerprint density at radius 1 is 1.43 bits per heavy atom. The molecule has 0 aromatic rings. The standard InChI is InChI=1S/C11H20N2O/c1-4-5-8-13-11(14)7-6-9-12-10(2)3/h1,10,12H,5-9H2,2-3H3,(H,13,14). The number of carbonyl (C=O) groups excluding carboxylic acids is 1. The molecule has 0 aliphatic rings. The minimum atomic E-state index is 0.0887. The van der Waals surface area contributed by atoms with Crippen molar-refractivity contribution in [2.24, 2.45) is 0 Å². The average Bonchev–Trinajstić information content (AvgIpc) is 2.13. The molecule has 0 aliphatic heterocycles. The fourth-order valence-corrected chi connectivity index (χ4v) is 1.00. The Balaban J connectivity index is 3.23. The van der Waals surface area contributed by atoms with Crippen LogP contribution in [0.15, 0.2) is 0 Å². The van der Waals surface area contributed by atoms with Gasteiger partial charge in [-0.1, -0.05) is 13.8 Å². The van der Waals surface area contributed by atoms with Gasteiger partial charge in [0.2, 0.25) is 5.91 Å². The minimum absolute atomic E-state index is 0.0887. The van der Waals surface area contributed by atoms with Crippen molar-refractivity contribution in [1.29, 1.82) is 0 Å². The van der Waals surface area contributed by atoms with Crippen LogP contribution >= 0.6 is 0 Å². The van der Waals surface area contributed by atoms with E-state index in [0.717, 1.165) is 13.0 Å². The Bertz CT molecular complexity index is 194. The topological polar surface area (TPSA) is 41.1 Å². The molecule has 3 nitrogen and oxygen atoms in total. The summed E-state index contributed by atoms with van der Waals surface area (Å²) in [5.41, 5.74) is 0. The summed E-state index contributed by atoms with van der Waals surface area (Å²) in [6.45, 7) is 5.66. The molecule has 0 bridgehead atoms. The minimum Gasteiger partial charge on any atom is -0.355 e. The van der Waals surface area contributed by atoms with Crippen molar-refractivity contribution in [3.05, 3.63) is 0 Å². The second-order valence-electron chi connectivity index (χ2n) is 3.52. The van der Waals surface area contributed by atoms with Crippen LogP contribution in [0.5, 0.6) is 0 Å². The monoisotopic (exact) mass is 196 g/mol. The maximum Gasteiger partial charge on any atom is 0.220 e. The lowest BCUT2D eigenvalue weighted by Gasteiger charge is -2.07. The maximum absolute atomic E-state index is 11.2. The summed E-state index contributed by atoms with van der Waals surface area (Å²) in [4.78, 5) is 11.2.